The predicted octanol–water partition coefficient (Wildman–Crippen LogP) is 3.39. The van der Waals surface area contributed by atoms with Crippen LogP contribution in [0.25, 0.3) is 0 Å². The first kappa shape index (κ1) is 37.9. The number of esters is 3. The Bertz CT molecular complexity index is 1760. The number of hydrogen-bond acceptors (Lipinski definition) is 11. The van der Waals surface area contributed by atoms with E-state index in [-0.39, 0.29) is 69.5 Å². The van der Waals surface area contributed by atoms with E-state index in [9.17, 15) is 24.6 Å². The molecular weight excluding hydrogens is 654 g/mol. The molecule has 0 spiro atoms. The van der Waals surface area contributed by atoms with Gasteiger partial charge in [0.15, 0.2) is 0 Å². The van der Waals surface area contributed by atoms with Crippen LogP contribution in [0.15, 0.2) is 94.0 Å². The van der Waals surface area contributed by atoms with Crippen LogP contribution in [-0.4, -0.2) is 85.8 Å². The molecule has 2 aromatic rings. The van der Waals surface area contributed by atoms with Crippen molar-refractivity contribution in [2.45, 2.75) is 70.6 Å². The number of rotatable bonds is 9. The Morgan fingerprint density at radius 3 is 2.49 bits per heavy atom. The summed E-state index contributed by atoms with van der Waals surface area (Å²) in [4.78, 5) is 46.8. The van der Waals surface area contributed by atoms with Crippen molar-refractivity contribution >= 4 is 78.8 Å². The van der Waals surface area contributed by atoms with Crippen LogP contribution in [0, 0.1) is 11.3 Å². The van der Waals surface area contributed by atoms with Gasteiger partial charge in [-0.3, -0.25) is 19.6 Å². The van der Waals surface area contributed by atoms with Crippen LogP contribution in [0.2, 0.25) is 0 Å². The third-order valence-electron chi connectivity index (χ3n) is 9.74. The number of nitrogens with two attached hydrogens (primary N) is 1. The summed E-state index contributed by atoms with van der Waals surface area (Å²) in [6, 6.07) is 13.5. The maximum atomic E-state index is 13.8. The first-order valence-electron chi connectivity index (χ1n) is 15.8. The van der Waals surface area contributed by atoms with Crippen LogP contribution in [0.4, 0.5) is 11.4 Å². The Hall–Kier alpha value is -3.93. The average Bonchev–Trinajstić information content (AvgIpc) is 3.21. The standard InChI is InChI=1S/C37H41N3O8.Ca/c1-23(31(42)39-22-25-11-13-26(14-12-25)32(43)40-29-10-6-5-9-28(29)38)8-7-18-35(3)30-17-20-36(34(45)48-35)19-15-27(33(44)46-4)16-21-37(30,36)47-24(2)41;/h5-15,18,30H,16-17,19-22,38H2,1-4H3,(H,39,42)(H,40,43);/q;+2/p-2/b18-7+,23-8+;/t30-,35+,36+,37-;/m0./s1. The predicted molar refractivity (Wildman–Crippen MR) is 181 cm³/mol. The van der Waals surface area contributed by atoms with Crippen molar-refractivity contribution < 1.29 is 38.8 Å². The second-order valence-corrected chi connectivity index (χ2v) is 12.7. The minimum absolute atomic E-state index is 0. The minimum Gasteiger partial charge on any atom is -0.859 e. The van der Waals surface area contributed by atoms with Crippen molar-refractivity contribution in [2.24, 2.45) is 21.3 Å². The smallest absolute Gasteiger partial charge is 0.859 e. The number of cyclic esters (lactones) is 1. The van der Waals surface area contributed by atoms with E-state index in [2.05, 4.69) is 9.98 Å². The monoisotopic (exact) mass is 693 g/mol. The molecule has 11 nitrogen and oxygen atoms in total. The van der Waals surface area contributed by atoms with E-state index >= 15 is 0 Å². The number of carbonyl (C=O) groups is 3. The second kappa shape index (κ2) is 15.3. The molecule has 1 aliphatic heterocycles. The SMILES string of the molecule is COC(=O)C1=CC[C@@]23CC[C@@H]([C@@](C)(/C=C/C=C(\C)C([O-])=NCc4ccc(C([O-])=Nc5ccccc5N)cc4)OC2=O)[C@@]3(OC(C)=O)CC1.[Ca+2]. The van der Waals surface area contributed by atoms with Gasteiger partial charge in [-0.1, -0.05) is 54.6 Å². The molecule has 0 unspecified atom stereocenters. The molecule has 2 N–H and O–H groups in total. The number of allylic oxidation sites excluding steroid dienone is 3. The molecule has 3 aliphatic rings. The summed E-state index contributed by atoms with van der Waals surface area (Å²) < 4.78 is 17.1. The fraction of sp³-hybridized carbons (Fsp3) is 0.378. The quantitative estimate of drug-likeness (QED) is 0.0785. The van der Waals surface area contributed by atoms with Crippen LogP contribution in [0.1, 0.15) is 64.0 Å². The van der Waals surface area contributed by atoms with Crippen LogP contribution < -0.4 is 15.9 Å². The molecule has 12 heteroatoms. The Morgan fingerprint density at radius 2 is 1.82 bits per heavy atom. The number of hydrogen-bond donors (Lipinski definition) is 1. The molecule has 2 aromatic carbocycles. The van der Waals surface area contributed by atoms with Crippen molar-refractivity contribution in [1.82, 2.24) is 0 Å². The molecule has 5 rings (SSSR count). The Balaban J connectivity index is 0.00000541. The topological polar surface area (TPSA) is 176 Å². The van der Waals surface area contributed by atoms with Crippen LogP contribution in [-0.2, 0) is 35.1 Å². The van der Waals surface area contributed by atoms with Gasteiger partial charge < -0.3 is 30.2 Å². The van der Waals surface area contributed by atoms with Gasteiger partial charge in [0.1, 0.15) is 16.6 Å². The van der Waals surface area contributed by atoms with Gasteiger partial charge in [0, 0.05) is 18.4 Å². The molecule has 1 saturated heterocycles. The number of anilines is 1. The number of methoxy groups -OCH3 is 1. The summed E-state index contributed by atoms with van der Waals surface area (Å²) in [5, 5.41) is 25.4. The molecule has 49 heavy (non-hydrogen) atoms. The summed E-state index contributed by atoms with van der Waals surface area (Å²) in [6.07, 6.45) is 8.46. The number of nitrogen functional groups attached to an aromatic ring is 1. The van der Waals surface area contributed by atoms with E-state index in [0.717, 1.165) is 5.56 Å². The summed E-state index contributed by atoms with van der Waals surface area (Å²) in [6.45, 7) is 4.84. The van der Waals surface area contributed by atoms with Gasteiger partial charge >= 0.3 is 55.6 Å². The second-order valence-electron chi connectivity index (χ2n) is 12.7. The third-order valence-corrected chi connectivity index (χ3v) is 9.74. The first-order chi connectivity index (χ1) is 22.8. The van der Waals surface area contributed by atoms with Gasteiger partial charge in [-0.2, -0.15) is 0 Å². The Kier molecular flexibility index (Phi) is 11.8. The Labute approximate surface area is 315 Å². The molecule has 4 atom stereocenters. The zero-order chi connectivity index (χ0) is 34.7. The number of aliphatic imine (C=N–C) groups is 2. The number of ether oxygens (including phenoxy) is 3. The van der Waals surface area contributed by atoms with E-state index in [0.29, 0.717) is 40.9 Å². The largest absolute Gasteiger partial charge is 2.00 e. The van der Waals surface area contributed by atoms with Crippen molar-refractivity contribution in [3.05, 3.63) is 95.1 Å². The van der Waals surface area contributed by atoms with E-state index in [4.69, 9.17) is 19.9 Å². The van der Waals surface area contributed by atoms with Gasteiger partial charge in [0.05, 0.1) is 25.0 Å². The van der Waals surface area contributed by atoms with Gasteiger partial charge in [0.2, 0.25) is 0 Å². The molecule has 0 amide bonds. The van der Waals surface area contributed by atoms with E-state index in [1.54, 1.807) is 86.7 Å². The molecule has 2 aliphatic carbocycles. The zero-order valence-electron chi connectivity index (χ0n) is 28.2. The number of benzene rings is 2. The summed E-state index contributed by atoms with van der Waals surface area (Å²) in [5.74, 6) is -2.70. The van der Waals surface area contributed by atoms with Crippen LogP contribution in [0.3, 0.4) is 0 Å². The van der Waals surface area contributed by atoms with Gasteiger partial charge in [-0.15, -0.1) is 0 Å². The van der Waals surface area contributed by atoms with E-state index in [1.165, 1.54) is 14.0 Å². The molecule has 0 aromatic heterocycles. The van der Waals surface area contributed by atoms with Crippen molar-refractivity contribution in [1.29, 1.82) is 0 Å². The third kappa shape index (κ3) is 7.49. The summed E-state index contributed by atoms with van der Waals surface area (Å²) in [7, 11) is 1.31. The fourth-order valence-corrected chi connectivity index (χ4v) is 7.26. The van der Waals surface area contributed by atoms with Gasteiger partial charge in [0.25, 0.3) is 0 Å². The van der Waals surface area contributed by atoms with Gasteiger partial charge in [-0.25, -0.2) is 4.79 Å². The van der Waals surface area contributed by atoms with Crippen molar-refractivity contribution in [3.8, 4) is 0 Å². The number of nitrogens with zero attached hydrogens (tertiary/aromatic N) is 2. The summed E-state index contributed by atoms with van der Waals surface area (Å²) >= 11 is 0. The fourth-order valence-electron chi connectivity index (χ4n) is 7.26. The van der Waals surface area contributed by atoms with E-state index < -0.39 is 46.3 Å². The molecule has 252 valence electrons. The molecule has 0 radical (unpaired) electrons. The van der Waals surface area contributed by atoms with Crippen molar-refractivity contribution in [3.63, 3.8) is 0 Å². The molecular formula is C37H39CaN3O8. The van der Waals surface area contributed by atoms with Gasteiger partial charge in [-0.05, 0) is 92.7 Å². The van der Waals surface area contributed by atoms with E-state index in [1.807, 2.05) is 0 Å². The normalized spacial score (nSPS) is 26.9. The number of carbonyl (C=O) groups excluding carboxylic acids is 3. The average molecular weight is 694 g/mol. The van der Waals surface area contributed by atoms with Crippen LogP contribution >= 0.6 is 0 Å². The molecule has 1 saturated carbocycles. The maximum absolute atomic E-state index is 13.8. The van der Waals surface area contributed by atoms with Crippen LogP contribution in [0.5, 0.6) is 0 Å². The number of para-hydroxylation sites is 2. The zero-order valence-corrected chi connectivity index (χ0v) is 30.4. The summed E-state index contributed by atoms with van der Waals surface area (Å²) in [5.41, 5.74) is 5.17. The minimum atomic E-state index is -1.17. The first-order valence-corrected chi connectivity index (χ1v) is 15.8. The molecule has 1 heterocycles. The molecule has 2 bridgehead atoms. The Morgan fingerprint density at radius 1 is 1.10 bits per heavy atom. The maximum Gasteiger partial charge on any atom is 2.00 e. The van der Waals surface area contributed by atoms with Crippen molar-refractivity contribution in [2.75, 3.05) is 12.8 Å². The molecule has 2 fully saturated rings.